The average Bonchev–Trinajstić information content (AvgIpc) is 3.29. The standard InChI is InChI=1S/C22H28N4O2S/c1-24-12-14-25(15-13-24)19-6-4-18(5-7-19)23-21(27)17-8-10-26(11-9-17)22(28)20-3-2-16-29-20/h2-7,16-17H,8-15H2,1H3,(H,23,27). The summed E-state index contributed by atoms with van der Waals surface area (Å²) < 4.78 is 0. The van der Waals surface area contributed by atoms with Crippen LogP contribution in [0.25, 0.3) is 0 Å². The third-order valence-corrected chi connectivity index (χ3v) is 6.75. The summed E-state index contributed by atoms with van der Waals surface area (Å²) in [4.78, 5) is 32.5. The molecule has 1 aromatic carbocycles. The van der Waals surface area contributed by atoms with Gasteiger partial charge in [0.2, 0.25) is 5.91 Å². The van der Waals surface area contributed by atoms with Gasteiger partial charge in [0, 0.05) is 56.6 Å². The Morgan fingerprint density at radius 1 is 0.966 bits per heavy atom. The summed E-state index contributed by atoms with van der Waals surface area (Å²) in [6.45, 7) is 5.49. The molecule has 3 heterocycles. The van der Waals surface area contributed by atoms with Gasteiger partial charge in [0.15, 0.2) is 0 Å². The summed E-state index contributed by atoms with van der Waals surface area (Å²) in [6.07, 6.45) is 1.42. The highest BCUT2D eigenvalue weighted by Crippen LogP contribution is 2.24. The van der Waals surface area contributed by atoms with E-state index >= 15 is 0 Å². The maximum atomic E-state index is 12.7. The van der Waals surface area contributed by atoms with Gasteiger partial charge in [0.1, 0.15) is 0 Å². The number of piperidine rings is 1. The van der Waals surface area contributed by atoms with E-state index in [1.165, 1.54) is 17.0 Å². The summed E-state index contributed by atoms with van der Waals surface area (Å²) in [7, 11) is 2.15. The van der Waals surface area contributed by atoms with Gasteiger partial charge in [-0.3, -0.25) is 9.59 Å². The highest BCUT2D eigenvalue weighted by Gasteiger charge is 2.28. The fourth-order valence-electron chi connectivity index (χ4n) is 3.97. The maximum Gasteiger partial charge on any atom is 0.263 e. The number of nitrogens with one attached hydrogen (secondary N) is 1. The third kappa shape index (κ3) is 4.79. The lowest BCUT2D eigenvalue weighted by Crippen LogP contribution is -2.44. The molecule has 7 heteroatoms. The van der Waals surface area contributed by atoms with Crippen molar-refractivity contribution in [2.24, 2.45) is 5.92 Å². The van der Waals surface area contributed by atoms with E-state index in [2.05, 4.69) is 34.3 Å². The number of anilines is 2. The Morgan fingerprint density at radius 3 is 2.28 bits per heavy atom. The molecule has 0 aliphatic carbocycles. The van der Waals surface area contributed by atoms with Gasteiger partial charge in [-0.25, -0.2) is 0 Å². The molecule has 2 fully saturated rings. The molecular formula is C22H28N4O2S. The van der Waals surface area contributed by atoms with Crippen molar-refractivity contribution in [2.45, 2.75) is 12.8 Å². The zero-order valence-electron chi connectivity index (χ0n) is 16.8. The van der Waals surface area contributed by atoms with Crippen LogP contribution in [0.2, 0.25) is 0 Å². The zero-order chi connectivity index (χ0) is 20.2. The number of hydrogen-bond donors (Lipinski definition) is 1. The number of hydrogen-bond acceptors (Lipinski definition) is 5. The molecule has 1 N–H and O–H groups in total. The first-order chi connectivity index (χ1) is 14.1. The monoisotopic (exact) mass is 412 g/mol. The molecule has 0 bridgehead atoms. The van der Waals surface area contributed by atoms with Crippen LogP contribution in [0.1, 0.15) is 22.5 Å². The maximum absolute atomic E-state index is 12.7. The van der Waals surface area contributed by atoms with E-state index in [0.717, 1.165) is 36.7 Å². The molecule has 154 valence electrons. The normalized spacial score (nSPS) is 18.7. The molecule has 4 rings (SSSR count). The van der Waals surface area contributed by atoms with Crippen molar-refractivity contribution in [3.05, 3.63) is 46.7 Å². The van der Waals surface area contributed by atoms with Gasteiger partial charge in [-0.05, 0) is 55.6 Å². The van der Waals surface area contributed by atoms with Crippen molar-refractivity contribution in [1.29, 1.82) is 0 Å². The summed E-state index contributed by atoms with van der Waals surface area (Å²) in [5, 5.41) is 4.97. The van der Waals surface area contributed by atoms with Crippen molar-refractivity contribution in [2.75, 3.05) is 56.5 Å². The first-order valence-electron chi connectivity index (χ1n) is 10.3. The highest BCUT2D eigenvalue weighted by atomic mass is 32.1. The fourth-order valence-corrected chi connectivity index (χ4v) is 4.66. The minimum atomic E-state index is -0.0420. The van der Waals surface area contributed by atoms with Crippen molar-refractivity contribution < 1.29 is 9.59 Å². The number of thiophene rings is 1. The minimum absolute atomic E-state index is 0.0420. The molecule has 0 unspecified atom stereocenters. The van der Waals surface area contributed by atoms with E-state index in [-0.39, 0.29) is 17.7 Å². The first kappa shape index (κ1) is 19.9. The molecule has 0 atom stereocenters. The minimum Gasteiger partial charge on any atom is -0.369 e. The predicted octanol–water partition coefficient (Wildman–Crippen LogP) is 2.99. The predicted molar refractivity (Wildman–Crippen MR) is 118 cm³/mol. The molecule has 2 aliphatic rings. The smallest absolute Gasteiger partial charge is 0.263 e. The molecule has 29 heavy (non-hydrogen) atoms. The van der Waals surface area contributed by atoms with Crippen LogP contribution >= 0.6 is 11.3 Å². The quantitative estimate of drug-likeness (QED) is 0.839. The van der Waals surface area contributed by atoms with Crippen LogP contribution < -0.4 is 10.2 Å². The van der Waals surface area contributed by atoms with E-state index in [4.69, 9.17) is 0 Å². The van der Waals surface area contributed by atoms with Crippen LogP contribution in [0.3, 0.4) is 0 Å². The molecule has 2 aliphatic heterocycles. The lowest BCUT2D eigenvalue weighted by atomic mass is 9.95. The van der Waals surface area contributed by atoms with E-state index in [1.807, 2.05) is 34.5 Å². The van der Waals surface area contributed by atoms with Gasteiger partial charge in [-0.1, -0.05) is 6.07 Å². The molecule has 0 spiro atoms. The molecule has 2 aromatic rings. The van der Waals surface area contributed by atoms with Gasteiger partial charge >= 0.3 is 0 Å². The fraction of sp³-hybridized carbons (Fsp3) is 0.455. The van der Waals surface area contributed by atoms with E-state index in [0.29, 0.717) is 25.9 Å². The second kappa shape index (κ2) is 8.97. The number of likely N-dealkylation sites (N-methyl/N-ethyl adjacent to an activating group) is 1. The largest absolute Gasteiger partial charge is 0.369 e. The average molecular weight is 413 g/mol. The van der Waals surface area contributed by atoms with Crippen molar-refractivity contribution in [3.8, 4) is 0 Å². The SMILES string of the molecule is CN1CCN(c2ccc(NC(=O)C3CCN(C(=O)c4cccs4)CC3)cc2)CC1. The zero-order valence-corrected chi connectivity index (χ0v) is 17.7. The lowest BCUT2D eigenvalue weighted by Gasteiger charge is -2.34. The number of piperazine rings is 1. The van der Waals surface area contributed by atoms with E-state index in [1.54, 1.807) is 0 Å². The summed E-state index contributed by atoms with van der Waals surface area (Å²) >= 11 is 1.47. The van der Waals surface area contributed by atoms with E-state index < -0.39 is 0 Å². The number of benzene rings is 1. The van der Waals surface area contributed by atoms with Gasteiger partial charge in [-0.2, -0.15) is 0 Å². The third-order valence-electron chi connectivity index (χ3n) is 5.89. The van der Waals surface area contributed by atoms with Crippen LogP contribution in [0, 0.1) is 5.92 Å². The topological polar surface area (TPSA) is 55.9 Å². The van der Waals surface area contributed by atoms with Crippen molar-refractivity contribution in [3.63, 3.8) is 0 Å². The molecule has 2 saturated heterocycles. The van der Waals surface area contributed by atoms with Gasteiger partial charge < -0.3 is 20.0 Å². The number of carbonyl (C=O) groups is 2. The van der Waals surface area contributed by atoms with Crippen LogP contribution in [0.4, 0.5) is 11.4 Å². The Hall–Kier alpha value is -2.38. The molecule has 0 radical (unpaired) electrons. The molecule has 1 aromatic heterocycles. The first-order valence-corrected chi connectivity index (χ1v) is 11.2. The van der Waals surface area contributed by atoms with Crippen molar-refractivity contribution >= 4 is 34.5 Å². The molecule has 2 amide bonds. The Labute approximate surface area is 176 Å². The summed E-state index contributed by atoms with van der Waals surface area (Å²) in [5.74, 6) is 0.0959. The number of carbonyl (C=O) groups excluding carboxylic acids is 2. The second-order valence-electron chi connectivity index (χ2n) is 7.87. The summed E-state index contributed by atoms with van der Waals surface area (Å²) in [5.41, 5.74) is 2.04. The van der Waals surface area contributed by atoms with Crippen LogP contribution in [0.5, 0.6) is 0 Å². The van der Waals surface area contributed by atoms with E-state index in [9.17, 15) is 9.59 Å². The second-order valence-corrected chi connectivity index (χ2v) is 8.82. The lowest BCUT2D eigenvalue weighted by molar-refractivity contribution is -0.121. The molecule has 6 nitrogen and oxygen atoms in total. The number of amides is 2. The Kier molecular flexibility index (Phi) is 6.16. The Morgan fingerprint density at radius 2 is 1.66 bits per heavy atom. The Bertz CT molecular complexity index is 821. The highest BCUT2D eigenvalue weighted by molar-refractivity contribution is 7.12. The van der Waals surface area contributed by atoms with Gasteiger partial charge in [0.05, 0.1) is 4.88 Å². The van der Waals surface area contributed by atoms with Gasteiger partial charge in [-0.15, -0.1) is 11.3 Å². The van der Waals surface area contributed by atoms with Gasteiger partial charge in [0.25, 0.3) is 5.91 Å². The van der Waals surface area contributed by atoms with Crippen LogP contribution in [-0.2, 0) is 4.79 Å². The van der Waals surface area contributed by atoms with Crippen molar-refractivity contribution in [1.82, 2.24) is 9.80 Å². The number of likely N-dealkylation sites (tertiary alicyclic amines) is 1. The van der Waals surface area contributed by atoms with Crippen LogP contribution in [0.15, 0.2) is 41.8 Å². The summed E-state index contributed by atoms with van der Waals surface area (Å²) in [6, 6.07) is 11.9. The molecular weight excluding hydrogens is 384 g/mol. The molecule has 0 saturated carbocycles. The number of nitrogens with zero attached hydrogens (tertiary/aromatic N) is 3. The number of rotatable bonds is 4. The Balaban J connectivity index is 1.27. The van der Waals surface area contributed by atoms with Crippen LogP contribution in [-0.4, -0.2) is 67.9 Å².